The molecule has 0 aliphatic carbocycles. The lowest BCUT2D eigenvalue weighted by atomic mass is 9.91. The van der Waals surface area contributed by atoms with Gasteiger partial charge < -0.3 is 9.47 Å². The van der Waals surface area contributed by atoms with Crippen LogP contribution in [0.5, 0.6) is 0 Å². The Hall–Kier alpha value is -1.70. The molecule has 7 heteroatoms. The molecule has 1 saturated heterocycles. The number of rotatable bonds is 8. The fourth-order valence-corrected chi connectivity index (χ4v) is 4.18. The maximum absolute atomic E-state index is 12.7. The second-order valence-corrected chi connectivity index (χ2v) is 7.76. The smallest absolute Gasteiger partial charge is 0.324 e. The summed E-state index contributed by atoms with van der Waals surface area (Å²) >= 11 is 0. The number of benzene rings is 1. The molecule has 1 N–H and O–H groups in total. The summed E-state index contributed by atoms with van der Waals surface area (Å²) in [6, 6.07) is 5.48. The standard InChI is InChI=1S/C18H25NO5S/c1-4-6-16-15(11-12-24-16)17(18(20)23-5-2)19-25(21,22)14-9-7-13(3)8-10-14/h4,7-10,15-17,19H,1,5-6,11-12H2,2-3H3/t15-,16-,17+/m1/s1. The zero-order chi connectivity index (χ0) is 18.4. The minimum Gasteiger partial charge on any atom is -0.465 e. The first-order valence-electron chi connectivity index (χ1n) is 8.37. The molecule has 0 unspecified atom stereocenters. The van der Waals surface area contributed by atoms with Crippen molar-refractivity contribution in [1.29, 1.82) is 0 Å². The summed E-state index contributed by atoms with van der Waals surface area (Å²) < 4.78 is 38.7. The van der Waals surface area contributed by atoms with E-state index in [2.05, 4.69) is 11.3 Å². The lowest BCUT2D eigenvalue weighted by Crippen LogP contribution is -2.49. The summed E-state index contributed by atoms with van der Waals surface area (Å²) in [6.07, 6.45) is 2.58. The number of carbonyl (C=O) groups is 1. The van der Waals surface area contributed by atoms with Crippen LogP contribution in [0.4, 0.5) is 0 Å². The predicted octanol–water partition coefficient (Wildman–Crippen LogP) is 2.19. The number of carbonyl (C=O) groups excluding carboxylic acids is 1. The third-order valence-electron chi connectivity index (χ3n) is 4.24. The molecule has 1 heterocycles. The third-order valence-corrected chi connectivity index (χ3v) is 5.70. The Balaban J connectivity index is 2.27. The van der Waals surface area contributed by atoms with Gasteiger partial charge in [0, 0.05) is 12.5 Å². The molecule has 1 aromatic carbocycles. The average Bonchev–Trinajstić information content (AvgIpc) is 3.01. The van der Waals surface area contributed by atoms with Gasteiger partial charge in [-0.25, -0.2) is 8.42 Å². The molecule has 138 valence electrons. The monoisotopic (exact) mass is 367 g/mol. The second-order valence-electron chi connectivity index (χ2n) is 6.05. The highest BCUT2D eigenvalue weighted by Crippen LogP contribution is 2.28. The van der Waals surface area contributed by atoms with E-state index in [0.29, 0.717) is 19.4 Å². The Morgan fingerprint density at radius 2 is 2.12 bits per heavy atom. The van der Waals surface area contributed by atoms with Crippen molar-refractivity contribution in [2.75, 3.05) is 13.2 Å². The Labute approximate surface area is 149 Å². The molecule has 3 atom stereocenters. The Kier molecular flexibility index (Phi) is 6.75. The molecule has 0 spiro atoms. The highest BCUT2D eigenvalue weighted by molar-refractivity contribution is 7.89. The number of nitrogens with one attached hydrogen (secondary N) is 1. The first-order valence-corrected chi connectivity index (χ1v) is 9.85. The van der Waals surface area contributed by atoms with Crippen LogP contribution in [0.1, 0.15) is 25.3 Å². The molecule has 2 rings (SSSR count). The van der Waals surface area contributed by atoms with Gasteiger partial charge in [-0.1, -0.05) is 23.8 Å². The lowest BCUT2D eigenvalue weighted by molar-refractivity contribution is -0.147. The van der Waals surface area contributed by atoms with Gasteiger partial charge in [0.2, 0.25) is 10.0 Å². The van der Waals surface area contributed by atoms with Crippen LogP contribution in [0.15, 0.2) is 41.8 Å². The van der Waals surface area contributed by atoms with Gasteiger partial charge in [-0.05, 0) is 38.8 Å². The number of hydrogen-bond donors (Lipinski definition) is 1. The first-order chi connectivity index (χ1) is 11.9. The molecule has 0 saturated carbocycles. The molecular formula is C18H25NO5S. The van der Waals surface area contributed by atoms with E-state index in [-0.39, 0.29) is 23.5 Å². The average molecular weight is 367 g/mol. The summed E-state index contributed by atoms with van der Waals surface area (Å²) in [5.41, 5.74) is 0.955. The van der Waals surface area contributed by atoms with Crippen LogP contribution in [0.25, 0.3) is 0 Å². The fourth-order valence-electron chi connectivity index (χ4n) is 2.95. The van der Waals surface area contributed by atoms with Gasteiger partial charge in [0.05, 0.1) is 17.6 Å². The molecule has 0 radical (unpaired) electrons. The molecule has 25 heavy (non-hydrogen) atoms. The second kappa shape index (κ2) is 8.60. The van der Waals surface area contributed by atoms with Crippen molar-refractivity contribution < 1.29 is 22.7 Å². The van der Waals surface area contributed by atoms with Crippen molar-refractivity contribution in [3.05, 3.63) is 42.5 Å². The summed E-state index contributed by atoms with van der Waals surface area (Å²) in [5.74, 6) is -0.875. The maximum Gasteiger partial charge on any atom is 0.324 e. The minimum absolute atomic E-state index is 0.117. The summed E-state index contributed by atoms with van der Waals surface area (Å²) in [6.45, 7) is 7.92. The normalized spacial score (nSPS) is 21.7. The number of aryl methyl sites for hydroxylation is 1. The van der Waals surface area contributed by atoms with Crippen molar-refractivity contribution in [2.24, 2.45) is 5.92 Å². The third kappa shape index (κ3) is 4.90. The van der Waals surface area contributed by atoms with E-state index in [9.17, 15) is 13.2 Å². The Morgan fingerprint density at radius 1 is 1.44 bits per heavy atom. The molecule has 1 aromatic rings. The fraction of sp³-hybridized carbons (Fsp3) is 0.500. The van der Waals surface area contributed by atoms with Crippen LogP contribution in [0.2, 0.25) is 0 Å². The lowest BCUT2D eigenvalue weighted by Gasteiger charge is -2.26. The summed E-state index contributed by atoms with van der Waals surface area (Å²) in [7, 11) is -3.85. The van der Waals surface area contributed by atoms with Gasteiger partial charge in [0.1, 0.15) is 6.04 Å². The minimum atomic E-state index is -3.85. The van der Waals surface area contributed by atoms with Crippen LogP contribution in [-0.4, -0.2) is 39.7 Å². The van der Waals surface area contributed by atoms with Gasteiger partial charge in [-0.15, -0.1) is 6.58 Å². The Bertz CT molecular complexity index is 699. The predicted molar refractivity (Wildman–Crippen MR) is 94.6 cm³/mol. The van der Waals surface area contributed by atoms with E-state index >= 15 is 0 Å². The number of sulfonamides is 1. The van der Waals surface area contributed by atoms with E-state index in [1.807, 2.05) is 6.92 Å². The van der Waals surface area contributed by atoms with Crippen LogP contribution < -0.4 is 4.72 Å². The van der Waals surface area contributed by atoms with E-state index in [1.54, 1.807) is 25.1 Å². The molecule has 1 fully saturated rings. The molecular weight excluding hydrogens is 342 g/mol. The van der Waals surface area contributed by atoms with Crippen molar-refractivity contribution in [2.45, 2.75) is 43.7 Å². The van der Waals surface area contributed by atoms with Gasteiger partial charge >= 0.3 is 5.97 Å². The van der Waals surface area contributed by atoms with E-state index in [0.717, 1.165) is 5.56 Å². The molecule has 0 aromatic heterocycles. The first kappa shape index (κ1) is 19.6. The number of ether oxygens (including phenoxy) is 2. The van der Waals surface area contributed by atoms with Crippen molar-refractivity contribution >= 4 is 16.0 Å². The van der Waals surface area contributed by atoms with Crippen LogP contribution in [0, 0.1) is 12.8 Å². The zero-order valence-electron chi connectivity index (χ0n) is 14.6. The SMILES string of the molecule is C=CC[C@H]1OCC[C@H]1[C@H](NS(=O)(=O)c1ccc(C)cc1)C(=O)OCC. The van der Waals surface area contributed by atoms with Gasteiger partial charge in [-0.3, -0.25) is 4.79 Å². The van der Waals surface area contributed by atoms with Crippen LogP contribution >= 0.6 is 0 Å². The maximum atomic E-state index is 12.7. The Morgan fingerprint density at radius 3 is 2.72 bits per heavy atom. The summed E-state index contributed by atoms with van der Waals surface area (Å²) in [5, 5.41) is 0. The molecule has 1 aliphatic heterocycles. The van der Waals surface area contributed by atoms with Crippen LogP contribution in [0.3, 0.4) is 0 Å². The molecule has 0 bridgehead atoms. The highest BCUT2D eigenvalue weighted by Gasteiger charge is 2.41. The number of hydrogen-bond acceptors (Lipinski definition) is 5. The molecule has 1 aliphatic rings. The zero-order valence-corrected chi connectivity index (χ0v) is 15.4. The number of esters is 1. The van der Waals surface area contributed by atoms with Crippen molar-refractivity contribution in [1.82, 2.24) is 4.72 Å². The van der Waals surface area contributed by atoms with E-state index in [1.165, 1.54) is 12.1 Å². The summed E-state index contributed by atoms with van der Waals surface area (Å²) in [4.78, 5) is 12.5. The van der Waals surface area contributed by atoms with E-state index < -0.39 is 22.0 Å². The largest absolute Gasteiger partial charge is 0.465 e. The van der Waals surface area contributed by atoms with Crippen molar-refractivity contribution in [3.63, 3.8) is 0 Å². The quantitative estimate of drug-likeness (QED) is 0.563. The van der Waals surface area contributed by atoms with Gasteiger partial charge in [0.25, 0.3) is 0 Å². The topological polar surface area (TPSA) is 81.7 Å². The van der Waals surface area contributed by atoms with Gasteiger partial charge in [-0.2, -0.15) is 4.72 Å². The van der Waals surface area contributed by atoms with Gasteiger partial charge in [0.15, 0.2) is 0 Å². The van der Waals surface area contributed by atoms with E-state index in [4.69, 9.17) is 9.47 Å². The molecule has 0 amide bonds. The molecule has 6 nitrogen and oxygen atoms in total. The van der Waals surface area contributed by atoms with Crippen LogP contribution in [-0.2, 0) is 24.3 Å². The van der Waals surface area contributed by atoms with Crippen molar-refractivity contribution in [3.8, 4) is 0 Å². The highest BCUT2D eigenvalue weighted by atomic mass is 32.2.